The van der Waals surface area contributed by atoms with Crippen molar-refractivity contribution in [1.82, 2.24) is 4.90 Å². The lowest BCUT2D eigenvalue weighted by Crippen LogP contribution is -2.21. The molecule has 0 radical (unpaired) electrons. The number of thiophene rings is 1. The third-order valence-electron chi connectivity index (χ3n) is 1.51. The average Bonchev–Trinajstić information content (AvgIpc) is 2.34. The molecule has 1 rings (SSSR count). The molecular weight excluding hydrogens is 170 g/mol. The lowest BCUT2D eigenvalue weighted by Gasteiger charge is -2.06. The second kappa shape index (κ2) is 3.83. The summed E-state index contributed by atoms with van der Waals surface area (Å²) in [7, 11) is 3.80. The molecule has 0 aliphatic carbocycles. The van der Waals surface area contributed by atoms with Crippen LogP contribution in [0.3, 0.4) is 0 Å². The van der Waals surface area contributed by atoms with Gasteiger partial charge in [0.05, 0.1) is 6.54 Å². The Morgan fingerprint density at radius 1 is 1.58 bits per heavy atom. The van der Waals surface area contributed by atoms with Crippen molar-refractivity contribution in [2.24, 2.45) is 0 Å². The number of rotatable bonds is 3. The molecular formula is C9H13NOS. The molecule has 0 spiro atoms. The highest BCUT2D eigenvalue weighted by Gasteiger charge is 2.07. The van der Waals surface area contributed by atoms with Crippen molar-refractivity contribution in [2.45, 2.75) is 6.92 Å². The van der Waals surface area contributed by atoms with Gasteiger partial charge in [-0.15, -0.1) is 11.3 Å². The van der Waals surface area contributed by atoms with Gasteiger partial charge in [0.1, 0.15) is 0 Å². The number of aryl methyl sites for hydroxylation is 1. The van der Waals surface area contributed by atoms with Crippen LogP contribution in [0.25, 0.3) is 0 Å². The molecule has 0 saturated heterocycles. The first kappa shape index (κ1) is 9.42. The van der Waals surface area contributed by atoms with Crippen molar-refractivity contribution in [3.63, 3.8) is 0 Å². The van der Waals surface area contributed by atoms with Crippen LogP contribution in [-0.2, 0) is 0 Å². The average molecular weight is 183 g/mol. The summed E-state index contributed by atoms with van der Waals surface area (Å²) in [5.41, 5.74) is 0.839. The maximum atomic E-state index is 11.4. The summed E-state index contributed by atoms with van der Waals surface area (Å²) in [5, 5.41) is 1.92. The Balaban J connectivity index is 2.65. The van der Waals surface area contributed by atoms with E-state index in [0.29, 0.717) is 6.54 Å². The molecule has 12 heavy (non-hydrogen) atoms. The Labute approximate surface area is 76.8 Å². The van der Waals surface area contributed by atoms with Crippen LogP contribution in [0.1, 0.15) is 15.2 Å². The summed E-state index contributed by atoms with van der Waals surface area (Å²) in [5.74, 6) is 0.198. The van der Waals surface area contributed by atoms with Crippen LogP contribution in [-0.4, -0.2) is 31.3 Å². The number of hydrogen-bond acceptors (Lipinski definition) is 3. The number of carbonyl (C=O) groups is 1. The van der Waals surface area contributed by atoms with Crippen molar-refractivity contribution in [3.05, 3.63) is 21.9 Å². The number of likely N-dealkylation sites (N-methyl/N-ethyl adjacent to an activating group) is 1. The van der Waals surface area contributed by atoms with E-state index in [1.807, 2.05) is 37.4 Å². The van der Waals surface area contributed by atoms with Crippen LogP contribution in [0.2, 0.25) is 0 Å². The summed E-state index contributed by atoms with van der Waals surface area (Å²) >= 11 is 1.62. The summed E-state index contributed by atoms with van der Waals surface area (Å²) in [6, 6.07) is 1.94. The highest BCUT2D eigenvalue weighted by atomic mass is 32.1. The van der Waals surface area contributed by atoms with Gasteiger partial charge in [-0.1, -0.05) is 0 Å². The maximum Gasteiger partial charge on any atom is 0.177 e. The Bertz CT molecular complexity index is 278. The third-order valence-corrected chi connectivity index (χ3v) is 2.37. The van der Waals surface area contributed by atoms with Gasteiger partial charge in [-0.05, 0) is 27.1 Å². The molecule has 66 valence electrons. The van der Waals surface area contributed by atoms with Crippen LogP contribution in [0.4, 0.5) is 0 Å². The summed E-state index contributed by atoms with van der Waals surface area (Å²) < 4.78 is 0. The van der Waals surface area contributed by atoms with Gasteiger partial charge in [0, 0.05) is 15.8 Å². The van der Waals surface area contributed by atoms with Crippen molar-refractivity contribution in [1.29, 1.82) is 0 Å². The first-order valence-corrected chi connectivity index (χ1v) is 4.70. The van der Waals surface area contributed by atoms with Gasteiger partial charge >= 0.3 is 0 Å². The molecule has 1 aromatic rings. The smallest absolute Gasteiger partial charge is 0.177 e. The lowest BCUT2D eigenvalue weighted by molar-refractivity contribution is 0.0958. The molecule has 1 aromatic heterocycles. The largest absolute Gasteiger partial charge is 0.302 e. The van der Waals surface area contributed by atoms with E-state index in [9.17, 15) is 4.79 Å². The second-order valence-corrected chi connectivity index (χ2v) is 4.22. The number of nitrogens with zero attached hydrogens (tertiary/aromatic N) is 1. The normalized spacial score (nSPS) is 10.7. The van der Waals surface area contributed by atoms with Crippen LogP contribution < -0.4 is 0 Å². The van der Waals surface area contributed by atoms with Crippen molar-refractivity contribution >= 4 is 17.1 Å². The summed E-state index contributed by atoms with van der Waals surface area (Å²) in [6.45, 7) is 2.51. The first-order valence-electron chi connectivity index (χ1n) is 3.82. The fourth-order valence-electron chi connectivity index (χ4n) is 0.968. The van der Waals surface area contributed by atoms with Crippen molar-refractivity contribution < 1.29 is 4.79 Å². The topological polar surface area (TPSA) is 20.3 Å². The molecule has 0 N–H and O–H groups in total. The molecule has 3 heteroatoms. The van der Waals surface area contributed by atoms with Gasteiger partial charge in [-0.25, -0.2) is 0 Å². The van der Waals surface area contributed by atoms with Crippen LogP contribution >= 0.6 is 11.3 Å². The Morgan fingerprint density at radius 3 is 2.67 bits per heavy atom. The predicted octanol–water partition coefficient (Wildman–Crippen LogP) is 1.80. The predicted molar refractivity (Wildman–Crippen MR) is 51.9 cm³/mol. The van der Waals surface area contributed by atoms with E-state index in [4.69, 9.17) is 0 Å². The minimum atomic E-state index is 0.198. The Kier molecular flexibility index (Phi) is 3.00. The van der Waals surface area contributed by atoms with Crippen LogP contribution in [0.5, 0.6) is 0 Å². The Hall–Kier alpha value is -0.670. The van der Waals surface area contributed by atoms with E-state index < -0.39 is 0 Å². The van der Waals surface area contributed by atoms with Crippen LogP contribution in [0.15, 0.2) is 11.4 Å². The van der Waals surface area contributed by atoms with Crippen molar-refractivity contribution in [2.75, 3.05) is 20.6 Å². The first-order chi connectivity index (χ1) is 5.59. The van der Waals surface area contributed by atoms with Gasteiger partial charge in [0.2, 0.25) is 0 Å². The van der Waals surface area contributed by atoms with Gasteiger partial charge in [0.15, 0.2) is 5.78 Å². The fourth-order valence-corrected chi connectivity index (χ4v) is 1.68. The minimum absolute atomic E-state index is 0.198. The van der Waals surface area contributed by atoms with E-state index in [1.54, 1.807) is 11.3 Å². The summed E-state index contributed by atoms with van der Waals surface area (Å²) in [6.07, 6.45) is 0. The number of ketones is 1. The van der Waals surface area contributed by atoms with Gasteiger partial charge in [0.25, 0.3) is 0 Å². The number of hydrogen-bond donors (Lipinski definition) is 0. The molecule has 0 aromatic carbocycles. The molecule has 1 heterocycles. The van der Waals surface area contributed by atoms with Crippen molar-refractivity contribution in [3.8, 4) is 0 Å². The van der Waals surface area contributed by atoms with Gasteiger partial charge < -0.3 is 4.90 Å². The molecule has 0 aliphatic rings. The third kappa shape index (κ3) is 2.43. The second-order valence-electron chi connectivity index (χ2n) is 3.11. The highest BCUT2D eigenvalue weighted by Crippen LogP contribution is 2.13. The zero-order chi connectivity index (χ0) is 9.14. The molecule has 0 amide bonds. The van der Waals surface area contributed by atoms with E-state index in [0.717, 1.165) is 5.56 Å². The fraction of sp³-hybridized carbons (Fsp3) is 0.444. The number of carbonyl (C=O) groups excluding carboxylic acids is 1. The number of Topliss-reactive ketones (excluding diaryl/α,β-unsaturated/α-hetero) is 1. The zero-order valence-electron chi connectivity index (χ0n) is 7.63. The molecule has 0 fully saturated rings. The molecule has 2 nitrogen and oxygen atoms in total. The highest BCUT2D eigenvalue weighted by molar-refractivity contribution is 7.10. The van der Waals surface area contributed by atoms with E-state index in [2.05, 4.69) is 0 Å². The van der Waals surface area contributed by atoms with E-state index >= 15 is 0 Å². The minimum Gasteiger partial charge on any atom is -0.302 e. The standard InChI is InChI=1S/C9H13NOS/c1-7-4-8(6-12-7)9(11)5-10(2)3/h4,6H,5H2,1-3H3. The maximum absolute atomic E-state index is 11.4. The molecule has 0 unspecified atom stereocenters. The van der Waals surface area contributed by atoms with Crippen LogP contribution in [0, 0.1) is 6.92 Å². The van der Waals surface area contributed by atoms with E-state index in [1.165, 1.54) is 4.88 Å². The lowest BCUT2D eigenvalue weighted by atomic mass is 10.2. The monoisotopic (exact) mass is 183 g/mol. The quantitative estimate of drug-likeness (QED) is 0.666. The van der Waals surface area contributed by atoms with E-state index in [-0.39, 0.29) is 5.78 Å². The molecule has 0 saturated carbocycles. The van der Waals surface area contributed by atoms with Gasteiger partial charge in [-0.3, -0.25) is 4.79 Å². The zero-order valence-corrected chi connectivity index (χ0v) is 8.44. The SMILES string of the molecule is Cc1cc(C(=O)CN(C)C)cs1. The molecule has 0 atom stereocenters. The molecule has 0 aliphatic heterocycles. The summed E-state index contributed by atoms with van der Waals surface area (Å²) in [4.78, 5) is 14.5. The Morgan fingerprint density at radius 2 is 2.25 bits per heavy atom. The molecule has 0 bridgehead atoms. The van der Waals surface area contributed by atoms with Gasteiger partial charge in [-0.2, -0.15) is 0 Å².